The molecule has 2 atom stereocenters. The fourth-order valence-electron chi connectivity index (χ4n) is 5.37. The second-order valence-electron chi connectivity index (χ2n) is 9.74. The van der Waals surface area contributed by atoms with Gasteiger partial charge in [0.15, 0.2) is 0 Å². The van der Waals surface area contributed by atoms with Gasteiger partial charge in [-0.25, -0.2) is 4.98 Å². The molecule has 2 unspecified atom stereocenters. The van der Waals surface area contributed by atoms with Crippen molar-refractivity contribution in [1.29, 1.82) is 0 Å². The Morgan fingerprint density at radius 3 is 2.59 bits per heavy atom. The van der Waals surface area contributed by atoms with E-state index in [-0.39, 0.29) is 28.6 Å². The highest BCUT2D eigenvalue weighted by molar-refractivity contribution is 5.85. The molecule has 5 nitrogen and oxygen atoms in total. The predicted molar refractivity (Wildman–Crippen MR) is 138 cm³/mol. The number of halogens is 3. The number of piperidine rings is 1. The fourth-order valence-corrected chi connectivity index (χ4v) is 5.37. The summed E-state index contributed by atoms with van der Waals surface area (Å²) in [5.74, 6) is 0.304. The first-order chi connectivity index (χ1) is 17.7. The van der Waals surface area contributed by atoms with Gasteiger partial charge in [-0.2, -0.15) is 13.2 Å². The molecule has 1 aliphatic rings. The third kappa shape index (κ3) is 5.11. The summed E-state index contributed by atoms with van der Waals surface area (Å²) in [6, 6.07) is 17.1. The quantitative estimate of drug-likeness (QED) is 0.408. The normalized spacial score (nSPS) is 18.3. The number of aromatic hydroxyl groups is 1. The molecule has 1 aliphatic heterocycles. The van der Waals surface area contributed by atoms with E-state index in [4.69, 9.17) is 0 Å². The molecular formula is C29H29F3N3O2+. The van der Waals surface area contributed by atoms with Gasteiger partial charge < -0.3 is 10.0 Å². The van der Waals surface area contributed by atoms with Gasteiger partial charge in [0, 0.05) is 18.0 Å². The van der Waals surface area contributed by atoms with Crippen LogP contribution in [0.5, 0.6) is 5.75 Å². The number of hydrogen-bond donors (Lipinski definition) is 2. The summed E-state index contributed by atoms with van der Waals surface area (Å²) < 4.78 is 43.4. The molecule has 0 saturated carbocycles. The molecule has 0 bridgehead atoms. The monoisotopic (exact) mass is 508 g/mol. The molecular weight excluding hydrogens is 479 g/mol. The topological polar surface area (TPSA) is 59.6 Å². The zero-order chi connectivity index (χ0) is 26.2. The number of hydrogen-bond acceptors (Lipinski definition) is 3. The van der Waals surface area contributed by atoms with Crippen LogP contribution in [0.25, 0.3) is 33.4 Å². The lowest BCUT2D eigenvalue weighted by atomic mass is 9.97. The first-order valence-electron chi connectivity index (χ1n) is 12.6. The number of phenolic OH excluding ortho intramolecular Hbond substituents is 1. The van der Waals surface area contributed by atoms with Crippen molar-refractivity contribution in [1.82, 2.24) is 9.55 Å². The Morgan fingerprint density at radius 2 is 1.84 bits per heavy atom. The lowest BCUT2D eigenvalue weighted by molar-refractivity contribution is -0.907. The Labute approximate surface area is 212 Å². The zero-order valence-electron chi connectivity index (χ0n) is 20.6. The van der Waals surface area contributed by atoms with E-state index in [1.807, 2.05) is 6.07 Å². The average Bonchev–Trinajstić information content (AvgIpc) is 2.89. The van der Waals surface area contributed by atoms with E-state index < -0.39 is 11.7 Å². The summed E-state index contributed by atoms with van der Waals surface area (Å²) in [4.78, 5) is 20.0. The number of nitrogens with one attached hydrogen (secondary N) is 1. The fraction of sp³-hybridized carbons (Fsp3) is 0.310. The summed E-state index contributed by atoms with van der Waals surface area (Å²) in [6.07, 6.45) is -2.65. The number of likely N-dealkylation sites (tertiary alicyclic amines) is 1. The van der Waals surface area contributed by atoms with Gasteiger partial charge in [0.2, 0.25) is 0 Å². The number of nitrogens with zero attached hydrogens (tertiary/aromatic N) is 2. The van der Waals surface area contributed by atoms with Gasteiger partial charge >= 0.3 is 6.18 Å². The summed E-state index contributed by atoms with van der Waals surface area (Å²) in [6.45, 7) is 5.33. The van der Waals surface area contributed by atoms with Crippen LogP contribution in [0.2, 0.25) is 0 Å². The van der Waals surface area contributed by atoms with Gasteiger partial charge in [-0.15, -0.1) is 0 Å². The van der Waals surface area contributed by atoms with Crippen LogP contribution >= 0.6 is 0 Å². The van der Waals surface area contributed by atoms with Crippen LogP contribution in [0.15, 0.2) is 71.5 Å². The van der Waals surface area contributed by atoms with Crippen molar-refractivity contribution in [3.63, 3.8) is 0 Å². The standard InChI is InChI=1S/C29H28F3N3O2/c1-2-34-14-6-7-19(17-34)18-35-27(23-10-3-4-11-25(23)29(30,31)32)33-26-13-12-21(16-24(26)28(35)37)20-8-5-9-22(36)15-20/h3-5,8-13,15-16,19,36H,2,6-7,14,17-18H2,1H3/p+1. The van der Waals surface area contributed by atoms with Crippen molar-refractivity contribution >= 4 is 10.9 Å². The third-order valence-corrected chi connectivity index (χ3v) is 7.27. The van der Waals surface area contributed by atoms with Gasteiger partial charge in [-0.1, -0.05) is 36.4 Å². The predicted octanol–water partition coefficient (Wildman–Crippen LogP) is 4.77. The van der Waals surface area contributed by atoms with E-state index >= 15 is 0 Å². The minimum atomic E-state index is -4.58. The van der Waals surface area contributed by atoms with Crippen LogP contribution in [0, 0.1) is 5.92 Å². The number of alkyl halides is 3. The highest BCUT2D eigenvalue weighted by atomic mass is 19.4. The molecule has 1 saturated heterocycles. The Balaban J connectivity index is 1.70. The smallest absolute Gasteiger partial charge is 0.417 e. The molecule has 192 valence electrons. The number of rotatable bonds is 5. The summed E-state index contributed by atoms with van der Waals surface area (Å²) in [7, 11) is 0. The highest BCUT2D eigenvalue weighted by Gasteiger charge is 2.35. The maximum absolute atomic E-state index is 14.0. The van der Waals surface area contributed by atoms with E-state index in [1.165, 1.54) is 21.6 Å². The second kappa shape index (κ2) is 10.0. The molecule has 2 N–H and O–H groups in total. The maximum atomic E-state index is 14.0. The molecule has 0 radical (unpaired) electrons. The number of fused-ring (bicyclic) bond motifs is 1. The zero-order valence-corrected chi connectivity index (χ0v) is 20.6. The number of quaternary nitrogens is 1. The number of benzene rings is 3. The first-order valence-corrected chi connectivity index (χ1v) is 12.6. The van der Waals surface area contributed by atoms with E-state index in [9.17, 15) is 23.1 Å². The van der Waals surface area contributed by atoms with Gasteiger partial charge in [-0.05, 0) is 61.2 Å². The van der Waals surface area contributed by atoms with E-state index in [0.29, 0.717) is 17.4 Å². The van der Waals surface area contributed by atoms with Crippen LogP contribution in [0.1, 0.15) is 25.3 Å². The largest absolute Gasteiger partial charge is 0.508 e. The highest BCUT2D eigenvalue weighted by Crippen LogP contribution is 2.37. The molecule has 2 heterocycles. The summed E-state index contributed by atoms with van der Waals surface area (Å²) in [5.41, 5.74) is 0.520. The number of aromatic nitrogens is 2. The Hall–Kier alpha value is -3.65. The van der Waals surface area contributed by atoms with Gasteiger partial charge in [0.05, 0.1) is 36.1 Å². The molecule has 5 rings (SSSR count). The molecule has 1 fully saturated rings. The third-order valence-electron chi connectivity index (χ3n) is 7.27. The lowest BCUT2D eigenvalue weighted by Crippen LogP contribution is -3.13. The van der Waals surface area contributed by atoms with E-state index in [0.717, 1.165) is 49.7 Å². The van der Waals surface area contributed by atoms with Crippen molar-refractivity contribution in [3.8, 4) is 28.3 Å². The molecule has 8 heteroatoms. The van der Waals surface area contributed by atoms with Gasteiger partial charge in [-0.3, -0.25) is 9.36 Å². The summed E-state index contributed by atoms with van der Waals surface area (Å²) >= 11 is 0. The first kappa shape index (κ1) is 25.0. The van der Waals surface area contributed by atoms with Gasteiger partial charge in [0.25, 0.3) is 5.56 Å². The Kier molecular flexibility index (Phi) is 6.77. The van der Waals surface area contributed by atoms with Crippen molar-refractivity contribution in [2.24, 2.45) is 5.92 Å². The molecule has 0 aliphatic carbocycles. The van der Waals surface area contributed by atoms with Crippen molar-refractivity contribution in [3.05, 3.63) is 82.6 Å². The van der Waals surface area contributed by atoms with Gasteiger partial charge in [0.1, 0.15) is 11.6 Å². The van der Waals surface area contributed by atoms with Crippen molar-refractivity contribution < 1.29 is 23.2 Å². The SMILES string of the molecule is CC[NH+]1CCCC(Cn2c(-c3ccccc3C(F)(F)F)nc3ccc(-c4cccc(O)c4)cc3c2=O)C1. The molecule has 4 aromatic rings. The second-order valence-corrected chi connectivity index (χ2v) is 9.74. The minimum Gasteiger partial charge on any atom is -0.508 e. The number of phenols is 1. The van der Waals surface area contributed by atoms with Crippen molar-refractivity contribution in [2.75, 3.05) is 19.6 Å². The van der Waals surface area contributed by atoms with Crippen LogP contribution in [-0.2, 0) is 12.7 Å². The molecule has 0 spiro atoms. The Bertz CT molecular complexity index is 1500. The molecule has 1 aromatic heterocycles. The molecule has 3 aromatic carbocycles. The van der Waals surface area contributed by atoms with Crippen LogP contribution in [0.4, 0.5) is 13.2 Å². The van der Waals surface area contributed by atoms with Crippen LogP contribution in [0.3, 0.4) is 0 Å². The summed E-state index contributed by atoms with van der Waals surface area (Å²) in [5, 5.41) is 10.2. The molecule has 37 heavy (non-hydrogen) atoms. The minimum absolute atomic E-state index is 0.0409. The van der Waals surface area contributed by atoms with Crippen LogP contribution < -0.4 is 10.5 Å². The van der Waals surface area contributed by atoms with Crippen molar-refractivity contribution in [2.45, 2.75) is 32.5 Å². The van der Waals surface area contributed by atoms with E-state index in [1.54, 1.807) is 42.5 Å². The maximum Gasteiger partial charge on any atom is 0.417 e. The molecule has 0 amide bonds. The average molecular weight is 509 g/mol. The Morgan fingerprint density at radius 1 is 1.05 bits per heavy atom. The lowest BCUT2D eigenvalue weighted by Gasteiger charge is -2.30. The van der Waals surface area contributed by atoms with Crippen LogP contribution in [-0.4, -0.2) is 34.3 Å². The van der Waals surface area contributed by atoms with E-state index in [2.05, 4.69) is 11.9 Å².